The van der Waals surface area contributed by atoms with Gasteiger partial charge in [-0.3, -0.25) is 0 Å². The van der Waals surface area contributed by atoms with E-state index in [9.17, 15) is 13.2 Å². The van der Waals surface area contributed by atoms with Gasteiger partial charge in [-0.15, -0.1) is 0 Å². The van der Waals surface area contributed by atoms with E-state index in [1.54, 1.807) is 13.8 Å². The van der Waals surface area contributed by atoms with E-state index in [0.717, 1.165) is 6.42 Å². The predicted octanol–water partition coefficient (Wildman–Crippen LogP) is 2.41. The molecule has 2 unspecified atom stereocenters. The predicted molar refractivity (Wildman–Crippen MR) is 77.4 cm³/mol. The molecule has 0 bridgehead atoms. The zero-order valence-corrected chi connectivity index (χ0v) is 13.0. The molecule has 0 aliphatic heterocycles. The number of carbonyl (C=O) groups is 1. The molecule has 0 aliphatic carbocycles. The number of aryl methyl sites for hydroxylation is 1. The number of aromatic carboxylic acids is 1. The third kappa shape index (κ3) is 3.80. The first-order valence-corrected chi connectivity index (χ1v) is 8.03. The molecule has 0 saturated carbocycles. The van der Waals surface area contributed by atoms with Crippen LogP contribution in [-0.4, -0.2) is 25.5 Å². The minimum atomic E-state index is -3.70. The molecule has 0 radical (unpaired) electrons. The highest BCUT2D eigenvalue weighted by Crippen LogP contribution is 2.17. The van der Waals surface area contributed by atoms with Gasteiger partial charge in [-0.05, 0) is 37.5 Å². The number of carboxylic acid groups (broad SMARTS) is 1. The van der Waals surface area contributed by atoms with Crippen LogP contribution in [0.3, 0.4) is 0 Å². The van der Waals surface area contributed by atoms with Crippen molar-refractivity contribution in [3.8, 4) is 0 Å². The summed E-state index contributed by atoms with van der Waals surface area (Å²) in [5, 5.41) is 9.05. The molecular weight excluding hydrogens is 278 g/mol. The van der Waals surface area contributed by atoms with E-state index in [4.69, 9.17) is 5.11 Å². The molecule has 1 aromatic carbocycles. The number of sulfonamides is 1. The second kappa shape index (κ2) is 6.37. The molecule has 0 amide bonds. The first-order chi connectivity index (χ1) is 9.19. The van der Waals surface area contributed by atoms with Crippen LogP contribution in [0.4, 0.5) is 0 Å². The van der Waals surface area contributed by atoms with Gasteiger partial charge in [0.1, 0.15) is 0 Å². The summed E-state index contributed by atoms with van der Waals surface area (Å²) in [7, 11) is -3.70. The maximum atomic E-state index is 12.2. The van der Waals surface area contributed by atoms with E-state index < -0.39 is 16.0 Å². The molecule has 1 aromatic rings. The summed E-state index contributed by atoms with van der Waals surface area (Å²) in [5.41, 5.74) is 0.537. The summed E-state index contributed by atoms with van der Waals surface area (Å²) in [6.45, 7) is 7.39. The van der Waals surface area contributed by atoms with Gasteiger partial charge in [-0.25, -0.2) is 17.9 Å². The molecule has 20 heavy (non-hydrogen) atoms. The molecule has 0 saturated heterocycles. The molecule has 0 spiro atoms. The Morgan fingerprint density at radius 2 is 1.95 bits per heavy atom. The fourth-order valence-electron chi connectivity index (χ4n) is 1.78. The summed E-state index contributed by atoms with van der Waals surface area (Å²) in [6.07, 6.45) is 0.859. The molecule has 1 rings (SSSR count). The Morgan fingerprint density at radius 3 is 2.45 bits per heavy atom. The van der Waals surface area contributed by atoms with Crippen LogP contribution in [0, 0.1) is 12.8 Å². The van der Waals surface area contributed by atoms with Gasteiger partial charge in [-0.2, -0.15) is 0 Å². The highest BCUT2D eigenvalue weighted by molar-refractivity contribution is 7.89. The van der Waals surface area contributed by atoms with Crippen LogP contribution < -0.4 is 4.72 Å². The van der Waals surface area contributed by atoms with Crippen molar-refractivity contribution in [2.75, 3.05) is 0 Å². The van der Waals surface area contributed by atoms with Crippen LogP contribution in [0.15, 0.2) is 23.1 Å². The summed E-state index contributed by atoms with van der Waals surface area (Å²) in [5.74, 6) is -0.927. The Hall–Kier alpha value is -1.40. The van der Waals surface area contributed by atoms with Crippen molar-refractivity contribution in [2.24, 2.45) is 5.92 Å². The van der Waals surface area contributed by atoms with E-state index in [1.807, 2.05) is 13.8 Å². The highest BCUT2D eigenvalue weighted by Gasteiger charge is 2.22. The Morgan fingerprint density at radius 1 is 1.35 bits per heavy atom. The van der Waals surface area contributed by atoms with Crippen molar-refractivity contribution in [1.82, 2.24) is 4.72 Å². The van der Waals surface area contributed by atoms with Gasteiger partial charge in [0.2, 0.25) is 10.0 Å². The molecule has 112 valence electrons. The number of hydrogen-bond acceptors (Lipinski definition) is 3. The normalized spacial score (nSPS) is 14.8. The summed E-state index contributed by atoms with van der Waals surface area (Å²) >= 11 is 0. The fourth-order valence-corrected chi connectivity index (χ4v) is 3.16. The van der Waals surface area contributed by atoms with Crippen LogP contribution >= 0.6 is 0 Å². The minimum Gasteiger partial charge on any atom is -0.478 e. The molecule has 5 nitrogen and oxygen atoms in total. The second-order valence-electron chi connectivity index (χ2n) is 5.08. The Kier molecular flexibility index (Phi) is 5.30. The third-order valence-electron chi connectivity index (χ3n) is 3.59. The highest BCUT2D eigenvalue weighted by atomic mass is 32.2. The zero-order valence-electron chi connectivity index (χ0n) is 12.2. The van der Waals surface area contributed by atoms with Gasteiger partial charge >= 0.3 is 5.97 Å². The van der Waals surface area contributed by atoms with Gasteiger partial charge in [0.15, 0.2) is 0 Å². The van der Waals surface area contributed by atoms with E-state index in [-0.39, 0.29) is 22.4 Å². The van der Waals surface area contributed by atoms with E-state index >= 15 is 0 Å². The molecule has 0 aliphatic rings. The van der Waals surface area contributed by atoms with Crippen molar-refractivity contribution in [1.29, 1.82) is 0 Å². The lowest BCUT2D eigenvalue weighted by atomic mass is 10.0. The van der Waals surface area contributed by atoms with Gasteiger partial charge in [0, 0.05) is 6.04 Å². The number of carboxylic acids is 1. The Bertz CT molecular complexity index is 595. The second-order valence-corrected chi connectivity index (χ2v) is 6.79. The first-order valence-electron chi connectivity index (χ1n) is 6.55. The minimum absolute atomic E-state index is 0.00377. The lowest BCUT2D eigenvalue weighted by molar-refractivity contribution is 0.0696. The largest absolute Gasteiger partial charge is 0.478 e. The van der Waals surface area contributed by atoms with Gasteiger partial charge in [-0.1, -0.05) is 26.3 Å². The Balaban J connectivity index is 3.10. The van der Waals surface area contributed by atoms with Crippen molar-refractivity contribution in [3.05, 3.63) is 29.3 Å². The molecule has 0 heterocycles. The fraction of sp³-hybridized carbons (Fsp3) is 0.500. The Labute approximate surface area is 120 Å². The van der Waals surface area contributed by atoms with Gasteiger partial charge in [0.25, 0.3) is 0 Å². The van der Waals surface area contributed by atoms with Gasteiger partial charge in [0.05, 0.1) is 10.5 Å². The van der Waals surface area contributed by atoms with Crippen LogP contribution in [0.2, 0.25) is 0 Å². The van der Waals surface area contributed by atoms with Crippen molar-refractivity contribution in [2.45, 2.75) is 45.1 Å². The molecule has 2 atom stereocenters. The molecular formula is C14H21NO4S. The van der Waals surface area contributed by atoms with E-state index in [0.29, 0.717) is 5.56 Å². The number of hydrogen-bond donors (Lipinski definition) is 2. The smallest absolute Gasteiger partial charge is 0.335 e. The lowest BCUT2D eigenvalue weighted by Gasteiger charge is -2.20. The van der Waals surface area contributed by atoms with Crippen molar-refractivity contribution in [3.63, 3.8) is 0 Å². The zero-order chi connectivity index (χ0) is 15.5. The van der Waals surface area contributed by atoms with E-state index in [1.165, 1.54) is 18.2 Å². The summed E-state index contributed by atoms with van der Waals surface area (Å²) < 4.78 is 27.1. The number of benzene rings is 1. The average molecular weight is 299 g/mol. The molecule has 0 fully saturated rings. The van der Waals surface area contributed by atoms with E-state index in [2.05, 4.69) is 4.72 Å². The van der Waals surface area contributed by atoms with Crippen molar-refractivity contribution >= 4 is 16.0 Å². The molecule has 6 heteroatoms. The van der Waals surface area contributed by atoms with Gasteiger partial charge < -0.3 is 5.11 Å². The molecule has 0 aromatic heterocycles. The first kappa shape index (κ1) is 16.7. The standard InChI is InChI=1S/C14H21NO4S/c1-5-9(2)11(4)15-20(18,19)12-7-6-10(3)13(8-12)14(16)17/h6-9,11,15H,5H2,1-4H3,(H,16,17). The van der Waals surface area contributed by atoms with Crippen LogP contribution in [-0.2, 0) is 10.0 Å². The molecule has 2 N–H and O–H groups in total. The summed E-state index contributed by atoms with van der Waals surface area (Å²) in [6, 6.07) is 3.92. The topological polar surface area (TPSA) is 83.5 Å². The monoisotopic (exact) mass is 299 g/mol. The lowest BCUT2D eigenvalue weighted by Crippen LogP contribution is -2.36. The van der Waals surface area contributed by atoms with Crippen LogP contribution in [0.25, 0.3) is 0 Å². The average Bonchev–Trinajstić information content (AvgIpc) is 2.36. The van der Waals surface area contributed by atoms with Crippen LogP contribution in [0.5, 0.6) is 0 Å². The maximum Gasteiger partial charge on any atom is 0.335 e. The quantitative estimate of drug-likeness (QED) is 0.845. The maximum absolute atomic E-state index is 12.2. The number of nitrogens with one attached hydrogen (secondary N) is 1. The third-order valence-corrected chi connectivity index (χ3v) is 5.14. The number of rotatable bonds is 6. The van der Waals surface area contributed by atoms with Crippen molar-refractivity contribution < 1.29 is 18.3 Å². The summed E-state index contributed by atoms with van der Waals surface area (Å²) in [4.78, 5) is 11.0. The van der Waals surface area contributed by atoms with Crippen LogP contribution in [0.1, 0.15) is 43.1 Å². The SMILES string of the molecule is CCC(C)C(C)NS(=O)(=O)c1ccc(C)c(C(=O)O)c1.